The van der Waals surface area contributed by atoms with Gasteiger partial charge < -0.3 is 20.1 Å². The summed E-state index contributed by atoms with van der Waals surface area (Å²) in [6.07, 6.45) is 0.796. The van der Waals surface area contributed by atoms with Gasteiger partial charge in [-0.05, 0) is 25.1 Å². The molecule has 0 aliphatic carbocycles. The third kappa shape index (κ3) is 3.75. The Kier molecular flexibility index (Phi) is 5.46. The van der Waals surface area contributed by atoms with Gasteiger partial charge in [0.15, 0.2) is 0 Å². The molecule has 2 rings (SSSR count). The fourth-order valence-electron chi connectivity index (χ4n) is 2.10. The summed E-state index contributed by atoms with van der Waals surface area (Å²) in [6.45, 7) is 2.42. The molecule has 1 aliphatic heterocycles. The van der Waals surface area contributed by atoms with Crippen LogP contribution in [0.1, 0.15) is 18.0 Å². The summed E-state index contributed by atoms with van der Waals surface area (Å²) >= 11 is 0. The molecule has 1 atom stereocenters. The molecule has 2 N–H and O–H groups in total. The fraction of sp³-hybridized carbons (Fsp3) is 0.500. The third-order valence-corrected chi connectivity index (χ3v) is 3.09. The summed E-state index contributed by atoms with van der Waals surface area (Å²) in [5.41, 5.74) is 1.33. The summed E-state index contributed by atoms with van der Waals surface area (Å²) in [5.74, 6) is -0.498. The van der Waals surface area contributed by atoms with Crippen molar-refractivity contribution in [2.45, 2.75) is 12.5 Å². The predicted molar refractivity (Wildman–Crippen MR) is 73.1 cm³/mol. The minimum Gasteiger partial charge on any atom is -0.382 e. The summed E-state index contributed by atoms with van der Waals surface area (Å²) in [4.78, 5) is 11.8. The largest absolute Gasteiger partial charge is 0.382 e. The molecule has 0 saturated heterocycles. The van der Waals surface area contributed by atoms with Crippen molar-refractivity contribution in [3.05, 3.63) is 29.6 Å². The number of fused-ring (bicyclic) bond motifs is 1. The van der Waals surface area contributed by atoms with Crippen molar-refractivity contribution in [3.63, 3.8) is 0 Å². The second kappa shape index (κ2) is 7.33. The molecule has 0 aromatic heterocycles. The van der Waals surface area contributed by atoms with Crippen LogP contribution in [0.5, 0.6) is 0 Å². The summed E-state index contributed by atoms with van der Waals surface area (Å²) in [5, 5.41) is 5.82. The number of carbonyl (C=O) groups is 1. The molecule has 0 spiro atoms. The topological polar surface area (TPSA) is 59.6 Å². The van der Waals surface area contributed by atoms with E-state index < -0.39 is 6.04 Å². The monoisotopic (exact) mass is 282 g/mol. The Labute approximate surface area is 117 Å². The van der Waals surface area contributed by atoms with Gasteiger partial charge in [-0.3, -0.25) is 4.79 Å². The van der Waals surface area contributed by atoms with Crippen LogP contribution < -0.4 is 10.6 Å². The second-order valence-corrected chi connectivity index (χ2v) is 4.57. The zero-order valence-corrected chi connectivity index (χ0v) is 11.4. The van der Waals surface area contributed by atoms with E-state index in [0.29, 0.717) is 32.1 Å². The number of anilines is 1. The molecule has 110 valence electrons. The molecule has 0 radical (unpaired) electrons. The van der Waals surface area contributed by atoms with Crippen LogP contribution in [0.3, 0.4) is 0 Å². The molecule has 5 nitrogen and oxygen atoms in total. The fourth-order valence-corrected chi connectivity index (χ4v) is 2.10. The van der Waals surface area contributed by atoms with Gasteiger partial charge in [-0.2, -0.15) is 0 Å². The smallest absolute Gasteiger partial charge is 0.246 e. The Morgan fingerprint density at radius 2 is 2.20 bits per heavy atom. The first-order valence-corrected chi connectivity index (χ1v) is 6.62. The maximum atomic E-state index is 13.1. The van der Waals surface area contributed by atoms with E-state index in [1.165, 1.54) is 12.1 Å². The highest BCUT2D eigenvalue weighted by Gasteiger charge is 2.29. The molecule has 1 aromatic carbocycles. The number of hydrogen-bond acceptors (Lipinski definition) is 4. The molecule has 6 heteroatoms. The van der Waals surface area contributed by atoms with E-state index in [1.807, 2.05) is 0 Å². The summed E-state index contributed by atoms with van der Waals surface area (Å²) in [6, 6.07) is 3.92. The van der Waals surface area contributed by atoms with Crippen molar-refractivity contribution >= 4 is 11.6 Å². The molecular formula is C14H19FN2O3. The van der Waals surface area contributed by atoms with Crippen molar-refractivity contribution in [1.29, 1.82) is 0 Å². The van der Waals surface area contributed by atoms with Gasteiger partial charge in [0, 0.05) is 25.0 Å². The highest BCUT2D eigenvalue weighted by Crippen LogP contribution is 2.30. The number of hydrogen-bond donors (Lipinski definition) is 2. The Bertz CT molecular complexity index is 468. The van der Waals surface area contributed by atoms with Crippen LogP contribution in [0.2, 0.25) is 0 Å². The van der Waals surface area contributed by atoms with Crippen LogP contribution in [0.4, 0.5) is 10.1 Å². The first-order valence-electron chi connectivity index (χ1n) is 6.62. The second-order valence-electron chi connectivity index (χ2n) is 4.57. The van der Waals surface area contributed by atoms with E-state index in [-0.39, 0.29) is 11.7 Å². The van der Waals surface area contributed by atoms with Crippen LogP contribution in [0.15, 0.2) is 18.2 Å². The molecule has 1 aromatic rings. The molecule has 1 amide bonds. The molecule has 1 aliphatic rings. The van der Waals surface area contributed by atoms with Crippen molar-refractivity contribution in [2.24, 2.45) is 0 Å². The van der Waals surface area contributed by atoms with Gasteiger partial charge >= 0.3 is 0 Å². The van der Waals surface area contributed by atoms with Gasteiger partial charge in [0.25, 0.3) is 0 Å². The highest BCUT2D eigenvalue weighted by atomic mass is 19.1. The van der Waals surface area contributed by atoms with Crippen molar-refractivity contribution in [2.75, 3.05) is 38.8 Å². The first-order chi connectivity index (χ1) is 9.72. The number of ether oxygens (including phenoxy) is 2. The van der Waals surface area contributed by atoms with E-state index in [4.69, 9.17) is 9.47 Å². The number of nitrogens with one attached hydrogen (secondary N) is 2. The SMILES string of the molecule is COCCOCCCNC1C(=O)Nc2cc(F)ccc21. The number of rotatable bonds is 8. The van der Waals surface area contributed by atoms with Gasteiger partial charge in [-0.1, -0.05) is 6.07 Å². The average Bonchev–Trinajstić information content (AvgIpc) is 2.73. The van der Waals surface area contributed by atoms with E-state index in [2.05, 4.69) is 10.6 Å². The molecule has 1 unspecified atom stereocenters. The lowest BCUT2D eigenvalue weighted by atomic mass is 10.1. The van der Waals surface area contributed by atoms with Crippen molar-refractivity contribution < 1.29 is 18.7 Å². The van der Waals surface area contributed by atoms with Crippen molar-refractivity contribution in [3.8, 4) is 0 Å². The van der Waals surface area contributed by atoms with E-state index in [1.54, 1.807) is 13.2 Å². The van der Waals surface area contributed by atoms with Gasteiger partial charge in [0.2, 0.25) is 5.91 Å². The number of benzene rings is 1. The van der Waals surface area contributed by atoms with E-state index in [0.717, 1.165) is 12.0 Å². The number of halogens is 1. The van der Waals surface area contributed by atoms with Gasteiger partial charge in [-0.15, -0.1) is 0 Å². The van der Waals surface area contributed by atoms with Crippen LogP contribution in [-0.4, -0.2) is 39.4 Å². The van der Waals surface area contributed by atoms with Gasteiger partial charge in [0.05, 0.1) is 13.2 Å². The zero-order valence-electron chi connectivity index (χ0n) is 11.4. The Hall–Kier alpha value is -1.50. The number of amides is 1. The maximum Gasteiger partial charge on any atom is 0.246 e. The Morgan fingerprint density at radius 3 is 3.00 bits per heavy atom. The molecular weight excluding hydrogens is 263 g/mol. The lowest BCUT2D eigenvalue weighted by Gasteiger charge is -2.11. The summed E-state index contributed by atoms with van der Waals surface area (Å²) in [7, 11) is 1.63. The number of methoxy groups -OCH3 is 1. The van der Waals surface area contributed by atoms with Gasteiger partial charge in [0.1, 0.15) is 11.9 Å². The molecule has 0 bridgehead atoms. The van der Waals surface area contributed by atoms with Crippen LogP contribution in [0, 0.1) is 5.82 Å². The maximum absolute atomic E-state index is 13.1. The van der Waals surface area contributed by atoms with Crippen LogP contribution in [0.25, 0.3) is 0 Å². The standard InChI is InChI=1S/C14H19FN2O3/c1-19-7-8-20-6-2-5-16-13-11-4-3-10(15)9-12(11)17-14(13)18/h3-4,9,13,16H,2,5-8H2,1H3,(H,17,18). The van der Waals surface area contributed by atoms with E-state index in [9.17, 15) is 9.18 Å². The Morgan fingerprint density at radius 1 is 1.35 bits per heavy atom. The van der Waals surface area contributed by atoms with Gasteiger partial charge in [-0.25, -0.2) is 4.39 Å². The quantitative estimate of drug-likeness (QED) is 0.709. The third-order valence-electron chi connectivity index (χ3n) is 3.09. The predicted octanol–water partition coefficient (Wildman–Crippen LogP) is 1.46. The lowest BCUT2D eigenvalue weighted by molar-refractivity contribution is -0.117. The lowest BCUT2D eigenvalue weighted by Crippen LogP contribution is -2.28. The van der Waals surface area contributed by atoms with Crippen molar-refractivity contribution in [1.82, 2.24) is 5.32 Å². The van der Waals surface area contributed by atoms with E-state index >= 15 is 0 Å². The minimum absolute atomic E-state index is 0.147. The molecule has 20 heavy (non-hydrogen) atoms. The average molecular weight is 282 g/mol. The molecule has 1 heterocycles. The number of carbonyl (C=O) groups excluding carboxylic acids is 1. The normalized spacial score (nSPS) is 17.1. The van der Waals surface area contributed by atoms with Crippen LogP contribution in [-0.2, 0) is 14.3 Å². The highest BCUT2D eigenvalue weighted by molar-refractivity contribution is 6.02. The molecule has 0 saturated carbocycles. The first kappa shape index (κ1) is 14.9. The zero-order chi connectivity index (χ0) is 14.4. The van der Waals surface area contributed by atoms with Crippen LogP contribution >= 0.6 is 0 Å². The summed E-state index contributed by atoms with van der Waals surface area (Å²) < 4.78 is 23.3. The minimum atomic E-state index is -0.412. The Balaban J connectivity index is 1.75. The molecule has 0 fully saturated rings.